The van der Waals surface area contributed by atoms with Gasteiger partial charge in [0, 0.05) is 11.7 Å². The molecule has 0 aromatic heterocycles. The molecule has 0 saturated heterocycles. The lowest BCUT2D eigenvalue weighted by Crippen LogP contribution is -2.30. The van der Waals surface area contributed by atoms with Crippen LogP contribution < -0.4 is 5.32 Å². The van der Waals surface area contributed by atoms with Gasteiger partial charge in [-0.1, -0.05) is 26.7 Å². The first-order valence-corrected chi connectivity index (χ1v) is 8.77. The maximum Gasteiger partial charge on any atom is 0.178 e. The van der Waals surface area contributed by atoms with Crippen molar-refractivity contribution in [1.82, 2.24) is 0 Å². The summed E-state index contributed by atoms with van der Waals surface area (Å²) in [7, 11) is -3.09. The molecular weight excluding hydrogens is 258 g/mol. The summed E-state index contributed by atoms with van der Waals surface area (Å²) in [5.74, 6) is 0.840. The Morgan fingerprint density at radius 2 is 1.79 bits per heavy atom. The normalized spacial score (nSPS) is 24.1. The molecule has 2 unspecified atom stereocenters. The van der Waals surface area contributed by atoms with Gasteiger partial charge in [-0.2, -0.15) is 0 Å². The molecule has 1 aromatic carbocycles. The largest absolute Gasteiger partial charge is 0.382 e. The Kier molecular flexibility index (Phi) is 4.50. The molecule has 0 radical (unpaired) electrons. The van der Waals surface area contributed by atoms with E-state index in [1.165, 1.54) is 25.7 Å². The number of hydrogen-bond acceptors (Lipinski definition) is 3. The lowest BCUT2D eigenvalue weighted by atomic mass is 9.86. The molecule has 106 valence electrons. The molecule has 0 aliphatic heterocycles. The number of rotatable bonds is 4. The van der Waals surface area contributed by atoms with Crippen LogP contribution in [-0.4, -0.2) is 20.2 Å². The minimum Gasteiger partial charge on any atom is -0.382 e. The molecule has 0 heterocycles. The summed E-state index contributed by atoms with van der Waals surface area (Å²) in [6, 6.07) is 7.68. The summed E-state index contributed by atoms with van der Waals surface area (Å²) in [6.45, 7) is 3.96. The van der Waals surface area contributed by atoms with E-state index in [1.807, 2.05) is 12.1 Å². The van der Waals surface area contributed by atoms with E-state index in [-0.39, 0.29) is 5.75 Å². The Balaban J connectivity index is 2.06. The predicted molar refractivity (Wildman–Crippen MR) is 79.2 cm³/mol. The average Bonchev–Trinajstić information content (AvgIpc) is 2.42. The standard InChI is InChI=1S/C15H23NO2S/c1-3-19(17,18)14-10-8-13(9-11-14)16-15-7-5-4-6-12(15)2/h8-12,15-16H,3-7H2,1-2H3. The maximum absolute atomic E-state index is 11.7. The minimum atomic E-state index is -3.09. The molecule has 4 heteroatoms. The fraction of sp³-hybridized carbons (Fsp3) is 0.600. The van der Waals surface area contributed by atoms with Gasteiger partial charge in [0.05, 0.1) is 10.6 Å². The topological polar surface area (TPSA) is 46.2 Å². The molecule has 19 heavy (non-hydrogen) atoms. The van der Waals surface area contributed by atoms with Gasteiger partial charge in [0.1, 0.15) is 0 Å². The van der Waals surface area contributed by atoms with E-state index >= 15 is 0 Å². The minimum absolute atomic E-state index is 0.152. The van der Waals surface area contributed by atoms with Crippen molar-refractivity contribution in [2.75, 3.05) is 11.1 Å². The van der Waals surface area contributed by atoms with Crippen molar-refractivity contribution in [1.29, 1.82) is 0 Å². The van der Waals surface area contributed by atoms with E-state index in [0.717, 1.165) is 5.69 Å². The molecule has 1 aromatic rings. The fourth-order valence-corrected chi connectivity index (χ4v) is 3.55. The third-order valence-corrected chi connectivity index (χ3v) is 5.81. The Hall–Kier alpha value is -1.03. The van der Waals surface area contributed by atoms with Gasteiger partial charge in [-0.3, -0.25) is 0 Å². The summed E-state index contributed by atoms with van der Waals surface area (Å²) >= 11 is 0. The SMILES string of the molecule is CCS(=O)(=O)c1ccc(NC2CCCCC2C)cc1. The monoisotopic (exact) mass is 281 g/mol. The van der Waals surface area contributed by atoms with Crippen LogP contribution in [0.2, 0.25) is 0 Å². The van der Waals surface area contributed by atoms with Crippen molar-refractivity contribution < 1.29 is 8.42 Å². The van der Waals surface area contributed by atoms with Crippen molar-refractivity contribution in [3.05, 3.63) is 24.3 Å². The zero-order chi connectivity index (χ0) is 13.9. The van der Waals surface area contributed by atoms with Crippen LogP contribution >= 0.6 is 0 Å². The highest BCUT2D eigenvalue weighted by Gasteiger charge is 2.21. The highest BCUT2D eigenvalue weighted by Crippen LogP contribution is 2.27. The van der Waals surface area contributed by atoms with Crippen molar-refractivity contribution >= 4 is 15.5 Å². The smallest absolute Gasteiger partial charge is 0.178 e. The quantitative estimate of drug-likeness (QED) is 0.919. The molecule has 1 N–H and O–H groups in total. The van der Waals surface area contributed by atoms with Crippen molar-refractivity contribution in [2.45, 2.75) is 50.5 Å². The first-order valence-electron chi connectivity index (χ1n) is 7.12. The molecule has 1 fully saturated rings. The van der Waals surface area contributed by atoms with Crippen LogP contribution in [0.3, 0.4) is 0 Å². The maximum atomic E-state index is 11.7. The number of benzene rings is 1. The Morgan fingerprint density at radius 3 is 2.37 bits per heavy atom. The van der Waals surface area contributed by atoms with Gasteiger partial charge in [-0.25, -0.2) is 8.42 Å². The number of sulfone groups is 1. The molecule has 1 aliphatic carbocycles. The number of anilines is 1. The van der Waals surface area contributed by atoms with Crippen LogP contribution in [0.15, 0.2) is 29.2 Å². The number of hydrogen-bond donors (Lipinski definition) is 1. The average molecular weight is 281 g/mol. The van der Waals surface area contributed by atoms with Gasteiger partial charge in [0.25, 0.3) is 0 Å². The zero-order valence-corrected chi connectivity index (χ0v) is 12.5. The first-order chi connectivity index (χ1) is 9.03. The molecule has 0 spiro atoms. The van der Waals surface area contributed by atoms with Gasteiger partial charge < -0.3 is 5.32 Å². The van der Waals surface area contributed by atoms with E-state index in [9.17, 15) is 8.42 Å². The van der Waals surface area contributed by atoms with Gasteiger partial charge in [-0.05, 0) is 43.0 Å². The predicted octanol–water partition coefficient (Wildman–Crippen LogP) is 3.47. The molecule has 3 nitrogen and oxygen atoms in total. The van der Waals surface area contributed by atoms with Gasteiger partial charge in [0.2, 0.25) is 0 Å². The van der Waals surface area contributed by atoms with Crippen molar-refractivity contribution in [3.63, 3.8) is 0 Å². The summed E-state index contributed by atoms with van der Waals surface area (Å²) < 4.78 is 23.5. The van der Waals surface area contributed by atoms with Crippen LogP contribution in [0.4, 0.5) is 5.69 Å². The highest BCUT2D eigenvalue weighted by atomic mass is 32.2. The molecule has 1 saturated carbocycles. The second kappa shape index (κ2) is 5.95. The Bertz CT molecular complexity index is 507. The summed E-state index contributed by atoms with van der Waals surface area (Å²) in [5, 5.41) is 3.53. The summed E-state index contributed by atoms with van der Waals surface area (Å²) in [6.07, 6.45) is 5.09. The van der Waals surface area contributed by atoms with E-state index in [4.69, 9.17) is 0 Å². The van der Waals surface area contributed by atoms with Crippen LogP contribution in [0.1, 0.15) is 39.5 Å². The Morgan fingerprint density at radius 1 is 1.16 bits per heavy atom. The second-order valence-electron chi connectivity index (χ2n) is 5.44. The van der Waals surface area contributed by atoms with Crippen molar-refractivity contribution in [2.24, 2.45) is 5.92 Å². The first kappa shape index (κ1) is 14.4. The molecular formula is C15H23NO2S. The summed E-state index contributed by atoms with van der Waals surface area (Å²) in [4.78, 5) is 0.414. The molecule has 2 rings (SSSR count). The van der Waals surface area contributed by atoms with E-state index in [1.54, 1.807) is 19.1 Å². The van der Waals surface area contributed by atoms with Crippen LogP contribution in [0.5, 0.6) is 0 Å². The van der Waals surface area contributed by atoms with Crippen LogP contribution in [-0.2, 0) is 9.84 Å². The Labute approximate surface area is 116 Å². The molecule has 1 aliphatic rings. The van der Waals surface area contributed by atoms with E-state index in [0.29, 0.717) is 16.9 Å². The molecule has 2 atom stereocenters. The lowest BCUT2D eigenvalue weighted by molar-refractivity contribution is 0.349. The van der Waals surface area contributed by atoms with E-state index in [2.05, 4.69) is 12.2 Å². The highest BCUT2D eigenvalue weighted by molar-refractivity contribution is 7.91. The van der Waals surface area contributed by atoms with Gasteiger partial charge >= 0.3 is 0 Å². The number of nitrogens with one attached hydrogen (secondary N) is 1. The molecule has 0 amide bonds. The third kappa shape index (κ3) is 3.50. The van der Waals surface area contributed by atoms with Gasteiger partial charge in [-0.15, -0.1) is 0 Å². The lowest BCUT2D eigenvalue weighted by Gasteiger charge is -2.30. The van der Waals surface area contributed by atoms with Crippen LogP contribution in [0.25, 0.3) is 0 Å². The molecule has 0 bridgehead atoms. The van der Waals surface area contributed by atoms with Crippen molar-refractivity contribution in [3.8, 4) is 0 Å². The fourth-order valence-electron chi connectivity index (χ4n) is 2.67. The summed E-state index contributed by atoms with van der Waals surface area (Å²) in [5.41, 5.74) is 1.02. The second-order valence-corrected chi connectivity index (χ2v) is 7.72. The zero-order valence-electron chi connectivity index (χ0n) is 11.7. The van der Waals surface area contributed by atoms with E-state index < -0.39 is 9.84 Å². The third-order valence-electron chi connectivity index (χ3n) is 4.06. The van der Waals surface area contributed by atoms with Gasteiger partial charge in [0.15, 0.2) is 9.84 Å². The van der Waals surface area contributed by atoms with Crippen LogP contribution in [0, 0.1) is 5.92 Å².